The number of halogens is 2. The molecule has 0 amide bonds. The Morgan fingerprint density at radius 3 is 1.37 bits per heavy atom. The van der Waals surface area contributed by atoms with Gasteiger partial charge in [-0.25, -0.2) is 0 Å². The van der Waals surface area contributed by atoms with E-state index in [9.17, 15) is 0 Å². The normalized spacial score (nSPS) is 18.8. The Kier molecular flexibility index (Phi) is 8.71. The molecule has 0 aliphatic heterocycles. The Morgan fingerprint density at radius 1 is 0.667 bits per heavy atom. The minimum absolute atomic E-state index is 0. The first kappa shape index (κ1) is 25.5. The van der Waals surface area contributed by atoms with E-state index >= 15 is 0 Å². The molecule has 0 aromatic heterocycles. The molecule has 160 valence electrons. The van der Waals surface area contributed by atoms with Crippen LogP contribution in [-0.2, 0) is 21.3 Å². The summed E-state index contributed by atoms with van der Waals surface area (Å²) < 4.78 is 3.04. The van der Waals surface area contributed by atoms with E-state index in [4.69, 9.17) is 0 Å². The van der Waals surface area contributed by atoms with Crippen LogP contribution in [0.4, 0.5) is 0 Å². The predicted molar refractivity (Wildman–Crippen MR) is 135 cm³/mol. The first-order valence-electron chi connectivity index (χ1n) is 10.7. The fraction of sp³-hybridized carbons (Fsp3) is 0.370. The molecule has 2 aliphatic carbocycles. The van der Waals surface area contributed by atoms with Crippen molar-refractivity contribution in [2.24, 2.45) is 11.8 Å². The van der Waals surface area contributed by atoms with Gasteiger partial charge >= 0.3 is 179 Å². The fourth-order valence-corrected chi connectivity index (χ4v) is 13.8. The standard InChI is InChI=1S/2C12H13.C3H6.2ClH.Zr/c2*1-9(2)11-8-7-10-5-3-4-6-12(10)11;1-3-2;;;/h2*3-9H,1-2H3;1-2H3;2*1H;. The largest absolute Gasteiger partial charge is 0.147 e. The second kappa shape index (κ2) is 10.2. The van der Waals surface area contributed by atoms with E-state index in [1.54, 1.807) is 25.5 Å². The van der Waals surface area contributed by atoms with Gasteiger partial charge in [0.25, 0.3) is 0 Å². The average molecular weight is 521 g/mol. The first-order valence-corrected chi connectivity index (χ1v) is 14.8. The third-order valence-electron chi connectivity index (χ3n) is 6.40. The van der Waals surface area contributed by atoms with Gasteiger partial charge in [-0.05, 0) is 0 Å². The van der Waals surface area contributed by atoms with Crippen molar-refractivity contribution in [1.82, 2.24) is 0 Å². The molecule has 0 saturated heterocycles. The van der Waals surface area contributed by atoms with Gasteiger partial charge in [-0.15, -0.1) is 24.8 Å². The third kappa shape index (κ3) is 4.41. The maximum Gasteiger partial charge on any atom is -0.147 e. The van der Waals surface area contributed by atoms with E-state index in [2.05, 4.69) is 102 Å². The minimum Gasteiger partial charge on any atom is -0.147 e. The molecular weight excluding hydrogens is 486 g/mol. The maximum atomic E-state index is 2.67. The van der Waals surface area contributed by atoms with Gasteiger partial charge in [0.2, 0.25) is 0 Å². The SMILES string of the molecule is C[C](C)=[Zr]([CH]1C=C(C(C)C)c2ccccc21)[CH]1C=C(C(C)C)c2ccccc21.Cl.Cl. The summed E-state index contributed by atoms with van der Waals surface area (Å²) in [4.78, 5) is 0. The molecule has 2 aliphatic rings. The van der Waals surface area contributed by atoms with E-state index in [0.29, 0.717) is 19.1 Å². The van der Waals surface area contributed by atoms with Crippen LogP contribution in [0.1, 0.15) is 71.0 Å². The van der Waals surface area contributed by atoms with Crippen molar-refractivity contribution >= 4 is 39.2 Å². The van der Waals surface area contributed by atoms with Crippen LogP contribution in [0.15, 0.2) is 60.7 Å². The van der Waals surface area contributed by atoms with Gasteiger partial charge in [0, 0.05) is 0 Å². The van der Waals surface area contributed by atoms with Crippen LogP contribution in [0.5, 0.6) is 0 Å². The summed E-state index contributed by atoms with van der Waals surface area (Å²) >= 11 is -2.02. The molecule has 4 rings (SSSR count). The number of hydrogen-bond acceptors (Lipinski definition) is 0. The van der Waals surface area contributed by atoms with Crippen LogP contribution in [0.2, 0.25) is 0 Å². The van der Waals surface area contributed by atoms with Gasteiger partial charge in [0.15, 0.2) is 0 Å². The summed E-state index contributed by atoms with van der Waals surface area (Å²) in [5.41, 5.74) is 9.37. The first-order chi connectivity index (χ1) is 13.4. The summed E-state index contributed by atoms with van der Waals surface area (Å²) in [6, 6.07) is 18.4. The average Bonchev–Trinajstić information content (AvgIpc) is 3.22. The zero-order valence-electron chi connectivity index (χ0n) is 18.9. The van der Waals surface area contributed by atoms with Crippen LogP contribution in [0, 0.1) is 11.8 Å². The molecule has 0 heterocycles. The van der Waals surface area contributed by atoms with Crippen molar-refractivity contribution < 1.29 is 21.3 Å². The Bertz CT molecular complexity index is 932. The molecule has 0 N–H and O–H groups in total. The Hall–Kier alpha value is -0.747. The van der Waals surface area contributed by atoms with Gasteiger partial charge in [0.05, 0.1) is 0 Å². The van der Waals surface area contributed by atoms with E-state index in [-0.39, 0.29) is 24.8 Å². The molecular formula is C27H34Cl2Zr. The molecule has 0 bridgehead atoms. The number of allylic oxidation sites excluding steroid dienone is 4. The van der Waals surface area contributed by atoms with Crippen LogP contribution in [0.25, 0.3) is 11.1 Å². The molecule has 0 radical (unpaired) electrons. The molecule has 0 nitrogen and oxygen atoms in total. The van der Waals surface area contributed by atoms with Gasteiger partial charge in [-0.2, -0.15) is 0 Å². The van der Waals surface area contributed by atoms with E-state index in [1.165, 1.54) is 11.1 Å². The summed E-state index contributed by atoms with van der Waals surface area (Å²) in [6.07, 6.45) is 5.34. The van der Waals surface area contributed by atoms with E-state index in [1.807, 2.05) is 0 Å². The molecule has 2 aromatic rings. The second-order valence-electron chi connectivity index (χ2n) is 9.14. The predicted octanol–water partition coefficient (Wildman–Crippen LogP) is 8.25. The van der Waals surface area contributed by atoms with E-state index < -0.39 is 21.3 Å². The molecule has 0 saturated carbocycles. The Labute approximate surface area is 202 Å². The van der Waals surface area contributed by atoms with E-state index in [0.717, 1.165) is 0 Å². The molecule has 3 heteroatoms. The summed E-state index contributed by atoms with van der Waals surface area (Å²) in [7, 11) is 0. The van der Waals surface area contributed by atoms with Crippen LogP contribution >= 0.6 is 24.8 Å². The molecule has 2 aromatic carbocycles. The van der Waals surface area contributed by atoms with Crippen LogP contribution in [0.3, 0.4) is 0 Å². The molecule has 0 fully saturated rings. The van der Waals surface area contributed by atoms with Crippen molar-refractivity contribution in [3.8, 4) is 0 Å². The smallest absolute Gasteiger partial charge is 0.147 e. The Morgan fingerprint density at radius 2 is 1.03 bits per heavy atom. The Balaban J connectivity index is 0.00000160. The monoisotopic (exact) mass is 518 g/mol. The molecule has 2 atom stereocenters. The van der Waals surface area contributed by atoms with Crippen LogP contribution < -0.4 is 0 Å². The van der Waals surface area contributed by atoms with Crippen LogP contribution in [-0.4, -0.2) is 3.21 Å². The molecule has 0 spiro atoms. The number of rotatable bonds is 4. The van der Waals surface area contributed by atoms with Gasteiger partial charge in [-0.1, -0.05) is 0 Å². The van der Waals surface area contributed by atoms with Crippen molar-refractivity contribution in [3.05, 3.63) is 82.9 Å². The van der Waals surface area contributed by atoms with Gasteiger partial charge < -0.3 is 0 Å². The molecule has 30 heavy (non-hydrogen) atoms. The van der Waals surface area contributed by atoms with Gasteiger partial charge in [-0.3, -0.25) is 0 Å². The maximum absolute atomic E-state index is 2.67. The van der Waals surface area contributed by atoms with Gasteiger partial charge in [0.1, 0.15) is 0 Å². The van der Waals surface area contributed by atoms with Crippen molar-refractivity contribution in [2.45, 2.75) is 48.8 Å². The van der Waals surface area contributed by atoms with Crippen molar-refractivity contribution in [2.75, 3.05) is 0 Å². The summed E-state index contributed by atoms with van der Waals surface area (Å²) in [6.45, 7) is 14.2. The van der Waals surface area contributed by atoms with Crippen molar-refractivity contribution in [1.29, 1.82) is 0 Å². The fourth-order valence-electron chi connectivity index (χ4n) is 5.12. The number of fused-ring (bicyclic) bond motifs is 2. The zero-order valence-corrected chi connectivity index (χ0v) is 23.0. The molecule has 2 unspecified atom stereocenters. The minimum atomic E-state index is -2.02. The van der Waals surface area contributed by atoms with Crippen molar-refractivity contribution in [3.63, 3.8) is 0 Å². The summed E-state index contributed by atoms with van der Waals surface area (Å²) in [5.74, 6) is 1.18. The number of benzene rings is 2. The zero-order chi connectivity index (χ0) is 20.0. The summed E-state index contributed by atoms with van der Waals surface area (Å²) in [5, 5.41) is 0. The quantitative estimate of drug-likeness (QED) is 0.381. The second-order valence-corrected chi connectivity index (χ2v) is 16.9. The topological polar surface area (TPSA) is 0 Å². The third-order valence-corrected chi connectivity index (χ3v) is 14.9. The number of hydrogen-bond donors (Lipinski definition) is 0.